The van der Waals surface area contributed by atoms with Crippen molar-refractivity contribution >= 4 is 25.8 Å². The van der Waals surface area contributed by atoms with Crippen LogP contribution in [0.2, 0.25) is 6.55 Å². The fourth-order valence-electron chi connectivity index (χ4n) is 0.912. The fraction of sp³-hybridized carbons (Fsp3) is 1.00. The van der Waals surface area contributed by atoms with Crippen molar-refractivity contribution in [2.75, 3.05) is 19.8 Å². The van der Waals surface area contributed by atoms with Crippen LogP contribution >= 0.6 is 17.0 Å². The summed E-state index contributed by atoms with van der Waals surface area (Å²) in [5.41, 5.74) is 0. The second kappa shape index (κ2) is 8.19. The van der Waals surface area contributed by atoms with Crippen molar-refractivity contribution in [2.45, 2.75) is 27.3 Å². The Bertz CT molecular complexity index is 85.6. The van der Waals surface area contributed by atoms with Crippen LogP contribution in [0.3, 0.4) is 0 Å². The van der Waals surface area contributed by atoms with Crippen LogP contribution in [0.5, 0.6) is 0 Å². The average molecular weight is 259 g/mol. The molecule has 3 nitrogen and oxygen atoms in total. The number of rotatable bonds is 6. The quantitative estimate of drug-likeness (QED) is 0.685. The molecule has 76 valence electrons. The highest BCUT2D eigenvalue weighted by atomic mass is 79.9. The molecule has 0 bridgehead atoms. The maximum atomic E-state index is 5.40. The van der Waals surface area contributed by atoms with Gasteiger partial charge in [0.15, 0.2) is 0 Å². The van der Waals surface area contributed by atoms with Gasteiger partial charge in [-0.2, -0.15) is 0 Å². The Morgan fingerprint density at radius 3 is 1.25 bits per heavy atom. The molecule has 0 unspecified atom stereocenters. The molecule has 0 aromatic rings. The standard InChI is InChI=1S/C7H18O3Si.BrH/c1-5-8-11(4,9-6-2)10-7-3;/h5-7H2,1-4H3;1H. The smallest absolute Gasteiger partial charge is 0.374 e. The summed E-state index contributed by atoms with van der Waals surface area (Å²) in [7, 11) is -2.25. The molecular formula is C7H19BrO3Si. The third-order valence-electron chi connectivity index (χ3n) is 1.22. The minimum atomic E-state index is -2.25. The summed E-state index contributed by atoms with van der Waals surface area (Å²) < 4.78 is 16.2. The largest absolute Gasteiger partial charge is 0.497 e. The van der Waals surface area contributed by atoms with E-state index in [2.05, 4.69) is 0 Å². The summed E-state index contributed by atoms with van der Waals surface area (Å²) >= 11 is 0. The monoisotopic (exact) mass is 258 g/mol. The molecule has 0 amide bonds. The van der Waals surface area contributed by atoms with Gasteiger partial charge in [-0.05, 0) is 20.8 Å². The van der Waals surface area contributed by atoms with Crippen LogP contribution in [0, 0.1) is 0 Å². The second-order valence-corrected chi connectivity index (χ2v) is 4.75. The summed E-state index contributed by atoms with van der Waals surface area (Å²) in [6.45, 7) is 9.73. The predicted octanol–water partition coefficient (Wildman–Crippen LogP) is 2.24. The van der Waals surface area contributed by atoms with E-state index in [-0.39, 0.29) is 17.0 Å². The molecule has 0 aromatic carbocycles. The van der Waals surface area contributed by atoms with Gasteiger partial charge >= 0.3 is 8.80 Å². The van der Waals surface area contributed by atoms with Gasteiger partial charge in [0.1, 0.15) is 0 Å². The van der Waals surface area contributed by atoms with Crippen molar-refractivity contribution < 1.29 is 13.3 Å². The molecule has 5 heteroatoms. The van der Waals surface area contributed by atoms with Crippen molar-refractivity contribution in [3.8, 4) is 0 Å². The number of hydrogen-bond acceptors (Lipinski definition) is 3. The first kappa shape index (κ1) is 15.1. The molecule has 0 aliphatic rings. The molecule has 0 atom stereocenters. The van der Waals surface area contributed by atoms with Gasteiger partial charge in [-0.15, -0.1) is 17.0 Å². The lowest BCUT2D eigenvalue weighted by atomic mass is 10.9. The van der Waals surface area contributed by atoms with Crippen molar-refractivity contribution in [2.24, 2.45) is 0 Å². The maximum absolute atomic E-state index is 5.40. The van der Waals surface area contributed by atoms with E-state index in [0.29, 0.717) is 19.8 Å². The Balaban J connectivity index is 0. The average Bonchev–Trinajstić information content (AvgIpc) is 1.88. The third-order valence-corrected chi connectivity index (χ3v) is 3.66. The molecule has 12 heavy (non-hydrogen) atoms. The van der Waals surface area contributed by atoms with E-state index in [1.165, 1.54) is 0 Å². The molecular weight excluding hydrogens is 240 g/mol. The van der Waals surface area contributed by atoms with E-state index in [4.69, 9.17) is 13.3 Å². The van der Waals surface area contributed by atoms with Gasteiger partial charge in [0.25, 0.3) is 0 Å². The normalized spacial score (nSPS) is 11.0. The lowest BCUT2D eigenvalue weighted by Gasteiger charge is -2.23. The minimum absolute atomic E-state index is 0. The maximum Gasteiger partial charge on any atom is 0.497 e. The van der Waals surface area contributed by atoms with E-state index in [1.807, 2.05) is 27.3 Å². The van der Waals surface area contributed by atoms with Gasteiger partial charge in [-0.3, -0.25) is 0 Å². The Morgan fingerprint density at radius 1 is 0.833 bits per heavy atom. The summed E-state index contributed by atoms with van der Waals surface area (Å²) in [6.07, 6.45) is 0. The highest BCUT2D eigenvalue weighted by molar-refractivity contribution is 8.93. The zero-order chi connectivity index (χ0) is 8.74. The molecule has 0 rings (SSSR count). The number of halogens is 1. The van der Waals surface area contributed by atoms with Crippen LogP contribution in [-0.4, -0.2) is 28.6 Å². The second-order valence-electron chi connectivity index (χ2n) is 2.16. The van der Waals surface area contributed by atoms with Gasteiger partial charge in [0.2, 0.25) is 0 Å². The van der Waals surface area contributed by atoms with E-state index in [1.54, 1.807) is 0 Å². The molecule has 0 aromatic heterocycles. The highest BCUT2D eigenvalue weighted by Crippen LogP contribution is 2.08. The molecule has 0 spiro atoms. The van der Waals surface area contributed by atoms with Crippen molar-refractivity contribution in [1.82, 2.24) is 0 Å². The van der Waals surface area contributed by atoms with Gasteiger partial charge < -0.3 is 13.3 Å². The lowest BCUT2D eigenvalue weighted by molar-refractivity contribution is 0.0783. The minimum Gasteiger partial charge on any atom is -0.374 e. The molecule has 0 fully saturated rings. The van der Waals surface area contributed by atoms with E-state index < -0.39 is 8.80 Å². The summed E-state index contributed by atoms with van der Waals surface area (Å²) in [6, 6.07) is 0. The van der Waals surface area contributed by atoms with Crippen LogP contribution < -0.4 is 0 Å². The molecule has 0 heterocycles. The number of hydrogen-bond donors (Lipinski definition) is 0. The van der Waals surface area contributed by atoms with Gasteiger partial charge in [0, 0.05) is 26.4 Å². The van der Waals surface area contributed by atoms with Crippen LogP contribution in [0.15, 0.2) is 0 Å². The van der Waals surface area contributed by atoms with Crippen LogP contribution in [0.4, 0.5) is 0 Å². The highest BCUT2D eigenvalue weighted by Gasteiger charge is 2.32. The van der Waals surface area contributed by atoms with Crippen LogP contribution in [0.25, 0.3) is 0 Å². The first-order valence-corrected chi connectivity index (χ1v) is 6.32. The van der Waals surface area contributed by atoms with Gasteiger partial charge in [-0.25, -0.2) is 0 Å². The molecule has 0 saturated heterocycles. The van der Waals surface area contributed by atoms with E-state index >= 15 is 0 Å². The SMILES string of the molecule is Br.CCO[Si](C)(OCC)OCC. The fourth-order valence-corrected chi connectivity index (χ4v) is 2.73. The summed E-state index contributed by atoms with van der Waals surface area (Å²) in [5.74, 6) is 0. The van der Waals surface area contributed by atoms with Crippen molar-refractivity contribution in [3.05, 3.63) is 0 Å². The zero-order valence-corrected chi connectivity index (χ0v) is 11.0. The van der Waals surface area contributed by atoms with Crippen LogP contribution in [0.1, 0.15) is 20.8 Å². The first-order chi connectivity index (χ1) is 5.18. The Kier molecular flexibility index (Phi) is 10.3. The third kappa shape index (κ3) is 6.13. The molecule has 0 aliphatic carbocycles. The predicted molar refractivity (Wildman–Crippen MR) is 56.8 cm³/mol. The topological polar surface area (TPSA) is 27.7 Å². The molecule has 0 saturated carbocycles. The van der Waals surface area contributed by atoms with Gasteiger partial charge in [0.05, 0.1) is 0 Å². The summed E-state index contributed by atoms with van der Waals surface area (Å²) in [4.78, 5) is 0. The molecule has 0 radical (unpaired) electrons. The van der Waals surface area contributed by atoms with Crippen LogP contribution in [-0.2, 0) is 13.3 Å². The van der Waals surface area contributed by atoms with Crippen molar-refractivity contribution in [3.63, 3.8) is 0 Å². The first-order valence-electron chi connectivity index (χ1n) is 4.10. The zero-order valence-electron chi connectivity index (χ0n) is 8.25. The van der Waals surface area contributed by atoms with Gasteiger partial charge in [-0.1, -0.05) is 0 Å². The Labute approximate surface area is 86.5 Å². The molecule has 0 aliphatic heterocycles. The summed E-state index contributed by atoms with van der Waals surface area (Å²) in [5, 5.41) is 0. The van der Waals surface area contributed by atoms with E-state index in [9.17, 15) is 0 Å². The van der Waals surface area contributed by atoms with Crippen molar-refractivity contribution in [1.29, 1.82) is 0 Å². The van der Waals surface area contributed by atoms with E-state index in [0.717, 1.165) is 0 Å². The Morgan fingerprint density at radius 2 is 1.08 bits per heavy atom. The lowest BCUT2D eigenvalue weighted by Crippen LogP contribution is -2.42. The Hall–Kier alpha value is 0.577. The molecule has 0 N–H and O–H groups in total.